The fourth-order valence-corrected chi connectivity index (χ4v) is 3.90. The van der Waals surface area contributed by atoms with Crippen molar-refractivity contribution in [3.05, 3.63) is 0 Å². The van der Waals surface area contributed by atoms with Gasteiger partial charge in [-0.3, -0.25) is 0 Å². The normalized spacial score (nSPS) is 12.5. The van der Waals surface area contributed by atoms with Crippen molar-refractivity contribution in [1.82, 2.24) is 0 Å². The Morgan fingerprint density at radius 3 is 1.34 bits per heavy atom. The van der Waals surface area contributed by atoms with Gasteiger partial charge in [-0.15, -0.1) is 0 Å². The molecule has 1 atom stereocenters. The zero-order valence-electron chi connectivity index (χ0n) is 20.7. The lowest BCUT2D eigenvalue weighted by molar-refractivity contribution is -0.0223. The van der Waals surface area contributed by atoms with Gasteiger partial charge in [0, 0.05) is 13.2 Å². The largest absolute Gasteiger partial charge is 0.379 e. The Bertz CT molecular complexity index is 280. The van der Waals surface area contributed by atoms with Crippen molar-refractivity contribution < 1.29 is 9.47 Å². The molecule has 0 radical (unpaired) electrons. The first-order chi connectivity index (χ1) is 14.3. The van der Waals surface area contributed by atoms with Crippen molar-refractivity contribution in [2.45, 2.75) is 155 Å². The van der Waals surface area contributed by atoms with Crippen LogP contribution in [0.25, 0.3) is 0 Å². The van der Waals surface area contributed by atoms with E-state index >= 15 is 0 Å². The standard InChI is InChI=1S/C27H56O2/c1-4-7-9-10-11-12-13-14-15-16-17-18-19-20-21-22-24-28-26-27(23-6-3)29-25-8-5-2/h27H,4-26H2,1-3H3. The zero-order chi connectivity index (χ0) is 21.3. The van der Waals surface area contributed by atoms with Gasteiger partial charge in [-0.05, 0) is 19.3 Å². The number of ether oxygens (including phenoxy) is 2. The van der Waals surface area contributed by atoms with Crippen LogP contribution in [0.5, 0.6) is 0 Å². The molecule has 0 saturated heterocycles. The monoisotopic (exact) mass is 412 g/mol. The Labute approximate surface area is 184 Å². The van der Waals surface area contributed by atoms with Gasteiger partial charge >= 0.3 is 0 Å². The molecule has 0 aliphatic heterocycles. The third-order valence-electron chi connectivity index (χ3n) is 5.91. The van der Waals surface area contributed by atoms with Gasteiger partial charge in [-0.25, -0.2) is 0 Å². The first-order valence-electron chi connectivity index (χ1n) is 13.5. The molecule has 0 heterocycles. The summed E-state index contributed by atoms with van der Waals surface area (Å²) in [6.45, 7) is 9.33. The average molecular weight is 413 g/mol. The van der Waals surface area contributed by atoms with Crippen molar-refractivity contribution in [1.29, 1.82) is 0 Å². The van der Waals surface area contributed by atoms with Crippen molar-refractivity contribution in [2.24, 2.45) is 0 Å². The summed E-state index contributed by atoms with van der Waals surface area (Å²) in [6, 6.07) is 0. The van der Waals surface area contributed by atoms with E-state index in [1.54, 1.807) is 0 Å². The van der Waals surface area contributed by atoms with E-state index in [0.29, 0.717) is 6.10 Å². The molecule has 0 aliphatic rings. The quantitative estimate of drug-likeness (QED) is 0.139. The zero-order valence-corrected chi connectivity index (χ0v) is 20.7. The Morgan fingerprint density at radius 1 is 0.448 bits per heavy atom. The van der Waals surface area contributed by atoms with Crippen LogP contribution in [0.3, 0.4) is 0 Å². The summed E-state index contributed by atoms with van der Waals surface area (Å²) in [5.74, 6) is 0. The summed E-state index contributed by atoms with van der Waals surface area (Å²) < 4.78 is 11.8. The van der Waals surface area contributed by atoms with Crippen molar-refractivity contribution in [2.75, 3.05) is 19.8 Å². The maximum atomic E-state index is 5.93. The van der Waals surface area contributed by atoms with E-state index in [-0.39, 0.29) is 0 Å². The molecule has 2 heteroatoms. The predicted octanol–water partition coefficient (Wildman–Crippen LogP) is 9.25. The Kier molecular flexibility index (Phi) is 25.9. The van der Waals surface area contributed by atoms with Gasteiger partial charge < -0.3 is 9.47 Å². The number of unbranched alkanes of at least 4 members (excludes halogenated alkanes) is 16. The fourth-order valence-electron chi connectivity index (χ4n) is 3.90. The molecule has 176 valence electrons. The highest BCUT2D eigenvalue weighted by Gasteiger charge is 2.07. The van der Waals surface area contributed by atoms with Crippen molar-refractivity contribution in [3.8, 4) is 0 Å². The smallest absolute Gasteiger partial charge is 0.0808 e. The Morgan fingerprint density at radius 2 is 0.897 bits per heavy atom. The maximum Gasteiger partial charge on any atom is 0.0808 e. The Hall–Kier alpha value is -0.0800. The van der Waals surface area contributed by atoms with Crippen LogP contribution in [-0.4, -0.2) is 25.9 Å². The second-order valence-electron chi connectivity index (χ2n) is 9.01. The lowest BCUT2D eigenvalue weighted by Crippen LogP contribution is -2.20. The second-order valence-corrected chi connectivity index (χ2v) is 9.01. The van der Waals surface area contributed by atoms with Crippen LogP contribution < -0.4 is 0 Å². The van der Waals surface area contributed by atoms with Gasteiger partial charge in [0.05, 0.1) is 12.7 Å². The first-order valence-corrected chi connectivity index (χ1v) is 13.5. The highest BCUT2D eigenvalue weighted by Crippen LogP contribution is 2.14. The molecule has 1 unspecified atom stereocenters. The SMILES string of the molecule is CCCCCCCCCCCCCCCCCCOCC(CCC)OCCCC. The maximum absolute atomic E-state index is 5.93. The third-order valence-corrected chi connectivity index (χ3v) is 5.91. The van der Waals surface area contributed by atoms with Crippen LogP contribution in [0.2, 0.25) is 0 Å². The minimum Gasteiger partial charge on any atom is -0.379 e. The number of rotatable bonds is 25. The first kappa shape index (κ1) is 28.9. The second kappa shape index (κ2) is 26.0. The topological polar surface area (TPSA) is 18.5 Å². The molecule has 0 saturated carbocycles. The van der Waals surface area contributed by atoms with E-state index in [1.165, 1.54) is 122 Å². The summed E-state index contributed by atoms with van der Waals surface area (Å²) >= 11 is 0. The minimum absolute atomic E-state index is 0.313. The molecule has 0 aromatic heterocycles. The summed E-state index contributed by atoms with van der Waals surface area (Å²) in [4.78, 5) is 0. The predicted molar refractivity (Wildman–Crippen MR) is 130 cm³/mol. The highest BCUT2D eigenvalue weighted by atomic mass is 16.5. The Balaban J connectivity index is 3.21. The molecule has 0 fully saturated rings. The molecule has 0 aromatic carbocycles. The van der Waals surface area contributed by atoms with Gasteiger partial charge in [-0.2, -0.15) is 0 Å². The van der Waals surface area contributed by atoms with Crippen LogP contribution in [0.1, 0.15) is 149 Å². The van der Waals surface area contributed by atoms with Crippen LogP contribution in [0.4, 0.5) is 0 Å². The molecule has 0 aliphatic carbocycles. The van der Waals surface area contributed by atoms with E-state index in [4.69, 9.17) is 9.47 Å². The van der Waals surface area contributed by atoms with Gasteiger partial charge in [0.1, 0.15) is 0 Å². The molecule has 0 N–H and O–H groups in total. The van der Waals surface area contributed by atoms with Gasteiger partial charge in [-0.1, -0.05) is 130 Å². The highest BCUT2D eigenvalue weighted by molar-refractivity contribution is 4.56. The molecule has 0 amide bonds. The molecular formula is C27H56O2. The van der Waals surface area contributed by atoms with Gasteiger partial charge in [0.25, 0.3) is 0 Å². The minimum atomic E-state index is 0.313. The van der Waals surface area contributed by atoms with E-state index in [1.807, 2.05) is 0 Å². The average Bonchev–Trinajstić information content (AvgIpc) is 2.73. The van der Waals surface area contributed by atoms with Crippen LogP contribution in [0, 0.1) is 0 Å². The summed E-state index contributed by atoms with van der Waals surface area (Å²) in [7, 11) is 0. The van der Waals surface area contributed by atoms with Crippen LogP contribution in [-0.2, 0) is 9.47 Å². The van der Waals surface area contributed by atoms with E-state index < -0.39 is 0 Å². The van der Waals surface area contributed by atoms with Gasteiger partial charge in [0.15, 0.2) is 0 Å². The fraction of sp³-hybridized carbons (Fsp3) is 1.00. The van der Waals surface area contributed by atoms with Crippen LogP contribution in [0.15, 0.2) is 0 Å². The van der Waals surface area contributed by atoms with E-state index in [2.05, 4.69) is 20.8 Å². The summed E-state index contributed by atoms with van der Waals surface area (Å²) in [6.07, 6.45) is 27.7. The summed E-state index contributed by atoms with van der Waals surface area (Å²) in [5.41, 5.74) is 0. The lowest BCUT2D eigenvalue weighted by Gasteiger charge is -2.17. The molecule has 2 nitrogen and oxygen atoms in total. The van der Waals surface area contributed by atoms with E-state index in [0.717, 1.165) is 26.2 Å². The molecule has 29 heavy (non-hydrogen) atoms. The van der Waals surface area contributed by atoms with Crippen LogP contribution >= 0.6 is 0 Å². The molecular weight excluding hydrogens is 356 g/mol. The number of hydrogen-bond acceptors (Lipinski definition) is 2. The molecule has 0 spiro atoms. The molecule has 0 rings (SSSR count). The van der Waals surface area contributed by atoms with Crippen molar-refractivity contribution in [3.63, 3.8) is 0 Å². The van der Waals surface area contributed by atoms with E-state index in [9.17, 15) is 0 Å². The third kappa shape index (κ3) is 24.1. The lowest BCUT2D eigenvalue weighted by atomic mass is 10.0. The summed E-state index contributed by atoms with van der Waals surface area (Å²) in [5, 5.41) is 0. The number of hydrogen-bond donors (Lipinski definition) is 0. The molecule has 0 aromatic rings. The van der Waals surface area contributed by atoms with Crippen molar-refractivity contribution >= 4 is 0 Å². The molecule has 0 bridgehead atoms. The van der Waals surface area contributed by atoms with Gasteiger partial charge in [0.2, 0.25) is 0 Å².